The normalized spacial score (nSPS) is 31.0. The van der Waals surface area contributed by atoms with Crippen LogP contribution < -0.4 is 0 Å². The average Bonchev–Trinajstić information content (AvgIpc) is 2.37. The zero-order valence-electron chi connectivity index (χ0n) is 11.5. The number of hydrogen-bond acceptors (Lipinski definition) is 2. The van der Waals surface area contributed by atoms with Crippen LogP contribution in [0.25, 0.3) is 0 Å². The maximum absolute atomic E-state index is 12.1. The van der Waals surface area contributed by atoms with Crippen LogP contribution in [0.3, 0.4) is 0 Å². The van der Waals surface area contributed by atoms with Crippen molar-refractivity contribution in [1.29, 1.82) is 0 Å². The Hall–Kier alpha value is -1.05. The van der Waals surface area contributed by atoms with E-state index >= 15 is 0 Å². The molecule has 0 N–H and O–H groups in total. The minimum absolute atomic E-state index is 0.0478. The van der Waals surface area contributed by atoms with E-state index in [1.807, 2.05) is 0 Å². The highest BCUT2D eigenvalue weighted by molar-refractivity contribution is 5.97. The molecule has 94 valence electrons. The van der Waals surface area contributed by atoms with Crippen molar-refractivity contribution in [3.05, 3.63) is 23.0 Å². The lowest BCUT2D eigenvalue weighted by Gasteiger charge is -2.29. The third-order valence-corrected chi connectivity index (χ3v) is 3.43. The summed E-state index contributed by atoms with van der Waals surface area (Å²) in [6.07, 6.45) is 4.41. The Labute approximate surface area is 104 Å². The van der Waals surface area contributed by atoms with Gasteiger partial charge in [0.2, 0.25) is 0 Å². The molecule has 1 atom stereocenters. The van der Waals surface area contributed by atoms with E-state index in [0.29, 0.717) is 6.42 Å². The van der Waals surface area contributed by atoms with Crippen molar-refractivity contribution < 1.29 is 9.53 Å². The Morgan fingerprint density at radius 3 is 2.41 bits per heavy atom. The Morgan fingerprint density at radius 2 is 1.82 bits per heavy atom. The first kappa shape index (κ1) is 12.4. The van der Waals surface area contributed by atoms with Crippen molar-refractivity contribution in [3.8, 4) is 0 Å². The van der Waals surface area contributed by atoms with Crippen LogP contribution in [0.5, 0.6) is 0 Å². The Kier molecular flexibility index (Phi) is 2.72. The summed E-state index contributed by atoms with van der Waals surface area (Å²) < 4.78 is 6.05. The topological polar surface area (TPSA) is 26.3 Å². The molecule has 2 nitrogen and oxygen atoms in total. The van der Waals surface area contributed by atoms with E-state index < -0.39 is 0 Å². The van der Waals surface area contributed by atoms with Gasteiger partial charge in [0.15, 0.2) is 5.78 Å². The average molecular weight is 234 g/mol. The van der Waals surface area contributed by atoms with Gasteiger partial charge in [0.05, 0.1) is 0 Å². The second-order valence-corrected chi connectivity index (χ2v) is 6.66. The molecule has 0 aromatic rings. The number of Topliss-reactive ketones (excluding diaryl/α,β-unsaturated/α-hetero) is 1. The highest BCUT2D eigenvalue weighted by Gasteiger charge is 2.43. The number of carbonyl (C=O) groups is 1. The molecule has 1 heterocycles. The molecule has 17 heavy (non-hydrogen) atoms. The number of rotatable bonds is 1. The summed E-state index contributed by atoms with van der Waals surface area (Å²) in [5.41, 5.74) is 1.91. The lowest BCUT2D eigenvalue weighted by atomic mass is 9.76. The molecule has 2 aliphatic rings. The quantitative estimate of drug-likeness (QED) is 0.645. The number of carbonyl (C=O) groups excluding carboxylic acids is 1. The van der Waals surface area contributed by atoms with Gasteiger partial charge < -0.3 is 4.74 Å². The van der Waals surface area contributed by atoms with Gasteiger partial charge in [-0.05, 0) is 32.3 Å². The lowest BCUT2D eigenvalue weighted by Crippen LogP contribution is -2.24. The van der Waals surface area contributed by atoms with E-state index in [0.717, 1.165) is 24.2 Å². The molecule has 0 bridgehead atoms. The van der Waals surface area contributed by atoms with E-state index in [2.05, 4.69) is 40.7 Å². The minimum atomic E-state index is -0.306. The molecule has 1 unspecified atom stereocenters. The first-order valence-corrected chi connectivity index (χ1v) is 6.31. The van der Waals surface area contributed by atoms with E-state index in [-0.39, 0.29) is 16.8 Å². The van der Waals surface area contributed by atoms with E-state index in [4.69, 9.17) is 4.74 Å². The molecule has 2 rings (SSSR count). The van der Waals surface area contributed by atoms with Crippen LogP contribution in [0.4, 0.5) is 0 Å². The van der Waals surface area contributed by atoms with Gasteiger partial charge in [0.1, 0.15) is 11.4 Å². The van der Waals surface area contributed by atoms with Crippen molar-refractivity contribution in [2.45, 2.75) is 59.5 Å². The van der Waals surface area contributed by atoms with Crippen molar-refractivity contribution >= 4 is 5.78 Å². The number of ether oxygens (including phenoxy) is 1. The first-order valence-electron chi connectivity index (χ1n) is 6.31. The predicted octanol–water partition coefficient (Wildman–Crippen LogP) is 3.77. The zero-order chi connectivity index (χ0) is 12.8. The molecular formula is C15H22O2. The van der Waals surface area contributed by atoms with Gasteiger partial charge >= 0.3 is 0 Å². The van der Waals surface area contributed by atoms with E-state index in [1.165, 1.54) is 5.57 Å². The molecule has 0 amide bonds. The fraction of sp³-hybridized carbons (Fsp3) is 0.667. The van der Waals surface area contributed by atoms with Crippen LogP contribution >= 0.6 is 0 Å². The summed E-state index contributed by atoms with van der Waals surface area (Å²) in [6, 6.07) is 0. The summed E-state index contributed by atoms with van der Waals surface area (Å²) in [4.78, 5) is 12.1. The molecular weight excluding hydrogens is 212 g/mol. The van der Waals surface area contributed by atoms with Crippen LogP contribution in [-0.2, 0) is 9.53 Å². The molecule has 0 aromatic carbocycles. The highest BCUT2D eigenvalue weighted by Crippen LogP contribution is 2.46. The molecule has 2 heteroatoms. The van der Waals surface area contributed by atoms with Crippen molar-refractivity contribution in [2.75, 3.05) is 0 Å². The largest absolute Gasteiger partial charge is 0.487 e. The second kappa shape index (κ2) is 3.72. The molecule has 0 spiro atoms. The fourth-order valence-electron chi connectivity index (χ4n) is 2.96. The fourth-order valence-corrected chi connectivity index (χ4v) is 2.96. The molecule has 0 saturated carbocycles. The van der Waals surface area contributed by atoms with Crippen molar-refractivity contribution in [3.63, 3.8) is 0 Å². The van der Waals surface area contributed by atoms with E-state index in [9.17, 15) is 4.79 Å². The zero-order valence-corrected chi connectivity index (χ0v) is 11.5. The monoisotopic (exact) mass is 234 g/mol. The molecule has 0 aromatic heterocycles. The maximum Gasteiger partial charge on any atom is 0.162 e. The lowest BCUT2D eigenvalue weighted by molar-refractivity contribution is -0.118. The Bertz CT molecular complexity index is 422. The van der Waals surface area contributed by atoms with Crippen LogP contribution in [0.15, 0.2) is 23.0 Å². The molecule has 0 radical (unpaired) electrons. The highest BCUT2D eigenvalue weighted by atomic mass is 16.5. The minimum Gasteiger partial charge on any atom is -0.487 e. The Morgan fingerprint density at radius 1 is 1.18 bits per heavy atom. The summed E-state index contributed by atoms with van der Waals surface area (Å²) in [6.45, 7) is 10.5. The number of ketones is 1. The summed E-state index contributed by atoms with van der Waals surface area (Å²) in [5, 5.41) is 0. The molecule has 0 saturated heterocycles. The van der Waals surface area contributed by atoms with Gasteiger partial charge in [-0.2, -0.15) is 0 Å². The van der Waals surface area contributed by atoms with Gasteiger partial charge in [0, 0.05) is 24.8 Å². The van der Waals surface area contributed by atoms with Crippen LogP contribution in [0.1, 0.15) is 53.9 Å². The second-order valence-electron chi connectivity index (χ2n) is 6.66. The summed E-state index contributed by atoms with van der Waals surface area (Å²) in [5.74, 6) is 1.22. The number of hydrogen-bond donors (Lipinski definition) is 0. The van der Waals surface area contributed by atoms with Gasteiger partial charge in [-0.3, -0.25) is 4.79 Å². The van der Waals surface area contributed by atoms with Gasteiger partial charge in [-0.25, -0.2) is 0 Å². The van der Waals surface area contributed by atoms with Gasteiger partial charge in [0.25, 0.3) is 0 Å². The number of allylic oxidation sites excluding steroid dienone is 2. The smallest absolute Gasteiger partial charge is 0.162 e. The third kappa shape index (κ3) is 2.46. The van der Waals surface area contributed by atoms with Crippen LogP contribution in [0.2, 0.25) is 0 Å². The Balaban J connectivity index is 2.27. The summed E-state index contributed by atoms with van der Waals surface area (Å²) in [7, 11) is 0. The third-order valence-electron chi connectivity index (χ3n) is 3.43. The van der Waals surface area contributed by atoms with Crippen molar-refractivity contribution in [2.24, 2.45) is 5.41 Å². The molecule has 0 fully saturated rings. The van der Waals surface area contributed by atoms with Crippen molar-refractivity contribution in [1.82, 2.24) is 0 Å². The van der Waals surface area contributed by atoms with Gasteiger partial charge in [-0.15, -0.1) is 0 Å². The van der Waals surface area contributed by atoms with Gasteiger partial charge in [-0.1, -0.05) is 19.4 Å². The SMILES string of the molecule is CC(C)=CC1(C)CC2=C(CC(C)(C)CC2=O)O1. The van der Waals surface area contributed by atoms with E-state index in [1.54, 1.807) is 0 Å². The van der Waals surface area contributed by atoms with Crippen LogP contribution in [-0.4, -0.2) is 11.4 Å². The maximum atomic E-state index is 12.1. The molecule has 1 aliphatic carbocycles. The standard InChI is InChI=1S/C15H22O2/c1-10(2)6-15(5)7-11-12(16)8-14(3,4)9-13(11)17-15/h6H,7-9H2,1-5H3. The molecule has 1 aliphatic heterocycles. The summed E-state index contributed by atoms with van der Waals surface area (Å²) >= 11 is 0. The van der Waals surface area contributed by atoms with Crippen LogP contribution in [0, 0.1) is 5.41 Å². The predicted molar refractivity (Wildman–Crippen MR) is 68.6 cm³/mol. The first-order chi connectivity index (χ1) is 7.71.